The van der Waals surface area contributed by atoms with Crippen LogP contribution >= 0.6 is 0 Å². The van der Waals surface area contributed by atoms with Gasteiger partial charge in [0.25, 0.3) is 0 Å². The first-order chi connectivity index (χ1) is 10.6. The summed E-state index contributed by atoms with van der Waals surface area (Å²) in [7, 11) is 0. The van der Waals surface area contributed by atoms with Crippen molar-refractivity contribution < 1.29 is 4.79 Å². The van der Waals surface area contributed by atoms with Crippen LogP contribution in [0.3, 0.4) is 0 Å². The zero-order valence-corrected chi connectivity index (χ0v) is 13.0. The maximum atomic E-state index is 12.5. The Hall–Kier alpha value is -2.68. The van der Waals surface area contributed by atoms with Crippen molar-refractivity contribution in [3.05, 3.63) is 76.7 Å². The topological polar surface area (TPSA) is 34.4 Å². The van der Waals surface area contributed by atoms with E-state index in [9.17, 15) is 4.79 Å². The average molecular weight is 290 g/mol. The molecule has 3 aromatic rings. The standard InChI is InChI=1S/C19H18N2O/c1-13-17(11-12-21-15(3)14(2)20-19(13)21)18(22)10-9-16-7-5-4-6-8-16/h4-12H,1-3H3/b10-9+. The number of imidazole rings is 1. The number of rotatable bonds is 3. The van der Waals surface area contributed by atoms with E-state index < -0.39 is 0 Å². The molecule has 0 radical (unpaired) electrons. The normalized spacial score (nSPS) is 11.4. The first-order valence-corrected chi connectivity index (χ1v) is 7.30. The van der Waals surface area contributed by atoms with Crippen LogP contribution in [0.15, 0.2) is 48.7 Å². The van der Waals surface area contributed by atoms with E-state index in [1.54, 1.807) is 6.08 Å². The van der Waals surface area contributed by atoms with Crippen LogP contribution < -0.4 is 0 Å². The Labute approximate surface area is 129 Å². The van der Waals surface area contributed by atoms with Crippen LogP contribution in [0.5, 0.6) is 0 Å². The minimum atomic E-state index is 0.00200. The van der Waals surface area contributed by atoms with Crippen molar-refractivity contribution in [3.8, 4) is 0 Å². The van der Waals surface area contributed by atoms with Gasteiger partial charge in [-0.25, -0.2) is 4.98 Å². The van der Waals surface area contributed by atoms with Gasteiger partial charge in [0.05, 0.1) is 5.69 Å². The Kier molecular flexibility index (Phi) is 3.63. The maximum Gasteiger partial charge on any atom is 0.186 e. The summed E-state index contributed by atoms with van der Waals surface area (Å²) in [5.41, 5.74) is 5.59. The van der Waals surface area contributed by atoms with Gasteiger partial charge in [-0.15, -0.1) is 0 Å². The first kappa shape index (κ1) is 14.3. The van der Waals surface area contributed by atoms with Gasteiger partial charge in [0.15, 0.2) is 5.78 Å². The van der Waals surface area contributed by atoms with Gasteiger partial charge in [0.1, 0.15) is 5.65 Å². The van der Waals surface area contributed by atoms with Gasteiger partial charge in [0, 0.05) is 23.0 Å². The number of nitrogens with zero attached hydrogens (tertiary/aromatic N) is 2. The van der Waals surface area contributed by atoms with Crippen molar-refractivity contribution in [2.24, 2.45) is 0 Å². The molecular formula is C19H18N2O. The van der Waals surface area contributed by atoms with Crippen LogP contribution in [-0.2, 0) is 0 Å². The summed E-state index contributed by atoms with van der Waals surface area (Å²) >= 11 is 0. The van der Waals surface area contributed by atoms with Crippen LogP contribution in [-0.4, -0.2) is 15.2 Å². The number of benzene rings is 1. The number of allylic oxidation sites excluding steroid dienone is 1. The summed E-state index contributed by atoms with van der Waals surface area (Å²) in [5, 5.41) is 0. The number of hydrogen-bond acceptors (Lipinski definition) is 2. The third-order valence-corrected chi connectivity index (χ3v) is 4.01. The summed E-state index contributed by atoms with van der Waals surface area (Å²) in [6.07, 6.45) is 5.38. The van der Waals surface area contributed by atoms with Gasteiger partial charge in [-0.2, -0.15) is 0 Å². The minimum absolute atomic E-state index is 0.00200. The summed E-state index contributed by atoms with van der Waals surface area (Å²) in [4.78, 5) is 17.0. The monoisotopic (exact) mass is 290 g/mol. The van der Waals surface area contributed by atoms with Crippen molar-refractivity contribution in [1.82, 2.24) is 9.38 Å². The van der Waals surface area contributed by atoms with Gasteiger partial charge in [-0.3, -0.25) is 4.79 Å². The van der Waals surface area contributed by atoms with E-state index in [0.29, 0.717) is 5.56 Å². The molecule has 0 N–H and O–H groups in total. The predicted octanol–water partition coefficient (Wildman–Crippen LogP) is 4.16. The predicted molar refractivity (Wildman–Crippen MR) is 89.2 cm³/mol. The Balaban J connectivity index is 1.98. The minimum Gasteiger partial charge on any atom is -0.304 e. The molecule has 0 unspecified atom stereocenters. The van der Waals surface area contributed by atoms with Crippen molar-refractivity contribution in [2.45, 2.75) is 20.8 Å². The highest BCUT2D eigenvalue weighted by atomic mass is 16.1. The molecule has 1 aromatic carbocycles. The molecule has 110 valence electrons. The molecule has 0 saturated heterocycles. The second-order valence-electron chi connectivity index (χ2n) is 5.44. The average Bonchev–Trinajstić information content (AvgIpc) is 2.83. The molecule has 3 heteroatoms. The van der Waals surface area contributed by atoms with E-state index in [-0.39, 0.29) is 5.78 Å². The van der Waals surface area contributed by atoms with E-state index in [1.807, 2.05) is 73.8 Å². The first-order valence-electron chi connectivity index (χ1n) is 7.30. The van der Waals surface area contributed by atoms with Crippen LogP contribution in [0.2, 0.25) is 0 Å². The Morgan fingerprint density at radius 2 is 1.82 bits per heavy atom. The molecule has 0 aliphatic heterocycles. The summed E-state index contributed by atoms with van der Waals surface area (Å²) in [5.74, 6) is 0.00200. The Morgan fingerprint density at radius 3 is 2.55 bits per heavy atom. The second-order valence-corrected chi connectivity index (χ2v) is 5.44. The molecule has 0 saturated carbocycles. The molecule has 2 heterocycles. The van der Waals surface area contributed by atoms with Gasteiger partial charge in [-0.05, 0) is 38.5 Å². The molecular weight excluding hydrogens is 272 g/mol. The van der Waals surface area contributed by atoms with E-state index in [1.165, 1.54) is 0 Å². The van der Waals surface area contributed by atoms with Crippen LogP contribution in [0, 0.1) is 20.8 Å². The molecule has 3 nitrogen and oxygen atoms in total. The second kappa shape index (κ2) is 5.60. The molecule has 0 atom stereocenters. The molecule has 0 aliphatic carbocycles. The molecule has 0 bridgehead atoms. The van der Waals surface area contributed by atoms with Crippen molar-refractivity contribution >= 4 is 17.5 Å². The molecule has 3 rings (SSSR count). The summed E-state index contributed by atoms with van der Waals surface area (Å²) in [6, 6.07) is 11.7. The van der Waals surface area contributed by atoms with E-state index in [2.05, 4.69) is 4.98 Å². The molecule has 0 spiro atoms. The van der Waals surface area contributed by atoms with Crippen LogP contribution in [0.1, 0.15) is 32.9 Å². The number of fused-ring (bicyclic) bond motifs is 1. The lowest BCUT2D eigenvalue weighted by molar-refractivity contribution is 0.104. The number of ketones is 1. The number of aryl methyl sites for hydroxylation is 3. The van der Waals surface area contributed by atoms with E-state index in [4.69, 9.17) is 0 Å². The number of pyridine rings is 1. The quantitative estimate of drug-likeness (QED) is 0.536. The van der Waals surface area contributed by atoms with E-state index in [0.717, 1.165) is 28.2 Å². The Morgan fingerprint density at radius 1 is 1.09 bits per heavy atom. The van der Waals surface area contributed by atoms with Crippen LogP contribution in [0.4, 0.5) is 0 Å². The number of carbonyl (C=O) groups excluding carboxylic acids is 1. The van der Waals surface area contributed by atoms with Gasteiger partial charge in [-0.1, -0.05) is 36.4 Å². The van der Waals surface area contributed by atoms with Crippen molar-refractivity contribution in [2.75, 3.05) is 0 Å². The molecule has 22 heavy (non-hydrogen) atoms. The number of aromatic nitrogens is 2. The van der Waals surface area contributed by atoms with Crippen molar-refractivity contribution in [1.29, 1.82) is 0 Å². The zero-order chi connectivity index (χ0) is 15.7. The highest BCUT2D eigenvalue weighted by Gasteiger charge is 2.13. The largest absolute Gasteiger partial charge is 0.304 e. The summed E-state index contributed by atoms with van der Waals surface area (Å²) in [6.45, 7) is 5.97. The van der Waals surface area contributed by atoms with Gasteiger partial charge in [0.2, 0.25) is 0 Å². The maximum absolute atomic E-state index is 12.5. The fraction of sp³-hybridized carbons (Fsp3) is 0.158. The lowest BCUT2D eigenvalue weighted by Crippen LogP contribution is -2.01. The SMILES string of the molecule is Cc1nc2c(C)c(C(=O)/C=C/c3ccccc3)ccn2c1C. The molecule has 0 aliphatic rings. The Bertz CT molecular complexity index is 873. The smallest absolute Gasteiger partial charge is 0.186 e. The lowest BCUT2D eigenvalue weighted by Gasteiger charge is -2.05. The van der Waals surface area contributed by atoms with Gasteiger partial charge < -0.3 is 4.40 Å². The van der Waals surface area contributed by atoms with Gasteiger partial charge >= 0.3 is 0 Å². The molecule has 0 fully saturated rings. The third-order valence-electron chi connectivity index (χ3n) is 4.01. The van der Waals surface area contributed by atoms with E-state index >= 15 is 0 Å². The third kappa shape index (κ3) is 2.46. The summed E-state index contributed by atoms with van der Waals surface area (Å²) < 4.78 is 2.03. The highest BCUT2D eigenvalue weighted by molar-refractivity contribution is 6.08. The fourth-order valence-corrected chi connectivity index (χ4v) is 2.56. The van der Waals surface area contributed by atoms with Crippen molar-refractivity contribution in [3.63, 3.8) is 0 Å². The molecule has 0 amide bonds. The number of hydrogen-bond donors (Lipinski definition) is 0. The lowest BCUT2D eigenvalue weighted by atomic mass is 10.1. The fourth-order valence-electron chi connectivity index (χ4n) is 2.56. The number of carbonyl (C=O) groups is 1. The zero-order valence-electron chi connectivity index (χ0n) is 13.0. The van der Waals surface area contributed by atoms with Crippen LogP contribution in [0.25, 0.3) is 11.7 Å². The highest BCUT2D eigenvalue weighted by Crippen LogP contribution is 2.19. The molecule has 2 aromatic heterocycles.